The number of rotatable bonds is 3. The summed E-state index contributed by atoms with van der Waals surface area (Å²) in [5, 5.41) is 0. The minimum absolute atomic E-state index is 0.0816. The molecule has 2 atom stereocenters. The summed E-state index contributed by atoms with van der Waals surface area (Å²) in [6.45, 7) is 0.587. The lowest BCUT2D eigenvalue weighted by atomic mass is 10.2. The van der Waals surface area contributed by atoms with Gasteiger partial charge < -0.3 is 4.74 Å². The van der Waals surface area contributed by atoms with Crippen LogP contribution in [0.25, 0.3) is 0 Å². The zero-order chi connectivity index (χ0) is 9.10. The topological polar surface area (TPSA) is 33.3 Å². The van der Waals surface area contributed by atoms with E-state index in [-0.39, 0.29) is 11.7 Å². The molecule has 4 heteroatoms. The van der Waals surface area contributed by atoms with E-state index < -0.39 is 0 Å². The highest BCUT2D eigenvalue weighted by atomic mass is 35.5. The Morgan fingerprint density at radius 2 is 2.00 bits per heavy atom. The first-order valence-corrected chi connectivity index (χ1v) is 4.60. The lowest BCUT2D eigenvalue weighted by molar-refractivity contribution is -0.0514. The molecule has 1 heterocycles. The van der Waals surface area contributed by atoms with Crippen molar-refractivity contribution in [3.05, 3.63) is 35.9 Å². The third-order valence-corrected chi connectivity index (χ3v) is 2.24. The Kier molecular flexibility index (Phi) is 2.80. The van der Waals surface area contributed by atoms with Crippen LogP contribution in [-0.2, 0) is 11.3 Å². The van der Waals surface area contributed by atoms with Gasteiger partial charge in [-0.3, -0.25) is 0 Å². The maximum Gasteiger partial charge on any atom is 0.151 e. The van der Waals surface area contributed by atoms with Gasteiger partial charge in [0.05, 0.1) is 6.61 Å². The number of halogens is 1. The molecule has 0 bridgehead atoms. The molecule has 1 aliphatic rings. The molecule has 0 amide bonds. The Bertz CT molecular complexity index is 268. The third kappa shape index (κ3) is 2.19. The van der Waals surface area contributed by atoms with E-state index in [0.717, 1.165) is 5.56 Å². The Morgan fingerprint density at radius 1 is 1.23 bits per heavy atom. The highest BCUT2D eigenvalue weighted by Crippen LogP contribution is 2.10. The van der Waals surface area contributed by atoms with Crippen LogP contribution in [0.5, 0.6) is 0 Å². The predicted octanol–water partition coefficient (Wildman–Crippen LogP) is 1.20. The summed E-state index contributed by atoms with van der Waals surface area (Å²) in [7, 11) is 0. The van der Waals surface area contributed by atoms with Crippen molar-refractivity contribution < 1.29 is 4.74 Å². The summed E-state index contributed by atoms with van der Waals surface area (Å²) in [5.74, 6) is 0. The van der Waals surface area contributed by atoms with E-state index in [9.17, 15) is 0 Å². The average Bonchev–Trinajstić information content (AvgIpc) is 2.17. The van der Waals surface area contributed by atoms with Gasteiger partial charge >= 0.3 is 0 Å². The zero-order valence-electron chi connectivity index (χ0n) is 7.03. The average molecular weight is 199 g/mol. The minimum Gasteiger partial charge on any atom is -0.354 e. The van der Waals surface area contributed by atoms with Crippen LogP contribution in [0.1, 0.15) is 5.56 Å². The molecule has 13 heavy (non-hydrogen) atoms. The van der Waals surface area contributed by atoms with Gasteiger partial charge in [-0.1, -0.05) is 30.3 Å². The van der Waals surface area contributed by atoms with Crippen molar-refractivity contribution in [3.63, 3.8) is 0 Å². The number of hydrogen-bond donors (Lipinski definition) is 2. The smallest absolute Gasteiger partial charge is 0.151 e. The second-order valence-electron chi connectivity index (χ2n) is 2.91. The third-order valence-electron chi connectivity index (χ3n) is 1.90. The normalized spacial score (nSPS) is 26.8. The van der Waals surface area contributed by atoms with Crippen LogP contribution in [0, 0.1) is 0 Å². The molecular weight excluding hydrogens is 188 g/mol. The van der Waals surface area contributed by atoms with Gasteiger partial charge in [0.2, 0.25) is 0 Å². The van der Waals surface area contributed by atoms with Crippen LogP contribution in [0.15, 0.2) is 30.3 Å². The quantitative estimate of drug-likeness (QED) is 0.566. The van der Waals surface area contributed by atoms with E-state index in [2.05, 4.69) is 10.9 Å². The van der Waals surface area contributed by atoms with E-state index in [1.165, 1.54) is 0 Å². The molecule has 1 aliphatic heterocycles. The number of ether oxygens (including phenoxy) is 1. The van der Waals surface area contributed by atoms with Crippen molar-refractivity contribution >= 4 is 11.6 Å². The Labute approximate surface area is 82.0 Å². The summed E-state index contributed by atoms with van der Waals surface area (Å²) in [6, 6.07) is 10.0. The number of hydrazine groups is 1. The largest absolute Gasteiger partial charge is 0.354 e. The first-order chi connectivity index (χ1) is 6.36. The first-order valence-electron chi connectivity index (χ1n) is 4.17. The molecule has 1 unspecified atom stereocenters. The van der Waals surface area contributed by atoms with Crippen molar-refractivity contribution in [2.75, 3.05) is 0 Å². The molecule has 0 saturated carbocycles. The number of alkyl halides is 1. The van der Waals surface area contributed by atoms with Crippen LogP contribution in [-0.4, -0.2) is 11.7 Å². The standard InChI is InChI=1S/C9H11ClN2O/c10-8-9(12-11-8)13-6-7-4-2-1-3-5-7/h1-5,8-9,11-12H,6H2/t8-,9?/m1/s1. The van der Waals surface area contributed by atoms with E-state index in [0.29, 0.717) is 6.61 Å². The van der Waals surface area contributed by atoms with Crippen LogP contribution in [0.3, 0.4) is 0 Å². The summed E-state index contributed by atoms with van der Waals surface area (Å²) in [6.07, 6.45) is -0.0816. The Hall–Kier alpha value is -0.610. The molecule has 0 radical (unpaired) electrons. The van der Waals surface area contributed by atoms with E-state index >= 15 is 0 Å². The van der Waals surface area contributed by atoms with Crippen LogP contribution >= 0.6 is 11.6 Å². The predicted molar refractivity (Wildman–Crippen MR) is 50.9 cm³/mol. The van der Waals surface area contributed by atoms with E-state index in [1.807, 2.05) is 30.3 Å². The van der Waals surface area contributed by atoms with Gasteiger partial charge in [0, 0.05) is 0 Å². The maximum atomic E-state index is 5.78. The van der Waals surface area contributed by atoms with Gasteiger partial charge in [-0.25, -0.2) is 10.9 Å². The monoisotopic (exact) mass is 198 g/mol. The second-order valence-corrected chi connectivity index (χ2v) is 3.38. The molecule has 1 saturated heterocycles. The van der Waals surface area contributed by atoms with Gasteiger partial charge in [0.1, 0.15) is 5.50 Å². The molecule has 70 valence electrons. The molecule has 1 aromatic carbocycles. The van der Waals surface area contributed by atoms with E-state index in [1.54, 1.807) is 0 Å². The molecule has 1 aromatic rings. The number of nitrogens with one attached hydrogen (secondary N) is 2. The van der Waals surface area contributed by atoms with Crippen LogP contribution in [0.4, 0.5) is 0 Å². The molecule has 0 aromatic heterocycles. The van der Waals surface area contributed by atoms with E-state index in [4.69, 9.17) is 16.3 Å². The van der Waals surface area contributed by atoms with Crippen LogP contribution in [0.2, 0.25) is 0 Å². The summed E-state index contributed by atoms with van der Waals surface area (Å²) in [5.41, 5.74) is 6.68. The molecule has 2 rings (SSSR count). The maximum absolute atomic E-state index is 5.78. The van der Waals surface area contributed by atoms with Crippen molar-refractivity contribution in [3.8, 4) is 0 Å². The number of hydrogen-bond acceptors (Lipinski definition) is 3. The van der Waals surface area contributed by atoms with Crippen molar-refractivity contribution in [2.45, 2.75) is 18.3 Å². The lowest BCUT2D eigenvalue weighted by Crippen LogP contribution is -2.65. The molecule has 0 aliphatic carbocycles. The Morgan fingerprint density at radius 3 is 2.54 bits per heavy atom. The summed E-state index contributed by atoms with van der Waals surface area (Å²) in [4.78, 5) is 0. The fourth-order valence-corrected chi connectivity index (χ4v) is 1.30. The first kappa shape index (κ1) is 8.97. The molecule has 1 fully saturated rings. The molecule has 2 N–H and O–H groups in total. The fourth-order valence-electron chi connectivity index (χ4n) is 1.10. The van der Waals surface area contributed by atoms with Gasteiger partial charge in [-0.2, -0.15) is 0 Å². The van der Waals surface area contributed by atoms with Gasteiger partial charge in [-0.05, 0) is 5.56 Å². The Balaban J connectivity index is 1.80. The van der Waals surface area contributed by atoms with Gasteiger partial charge in [0.15, 0.2) is 6.23 Å². The SMILES string of the molecule is Cl[C@@H]1NNC1OCc1ccccc1. The minimum atomic E-state index is -0.122. The van der Waals surface area contributed by atoms with Crippen molar-refractivity contribution in [1.82, 2.24) is 10.9 Å². The second kappa shape index (κ2) is 4.07. The summed E-state index contributed by atoms with van der Waals surface area (Å²) >= 11 is 5.78. The van der Waals surface area contributed by atoms with Crippen LogP contribution < -0.4 is 10.9 Å². The van der Waals surface area contributed by atoms with Crippen molar-refractivity contribution in [2.24, 2.45) is 0 Å². The fraction of sp³-hybridized carbons (Fsp3) is 0.333. The van der Waals surface area contributed by atoms with Crippen molar-refractivity contribution in [1.29, 1.82) is 0 Å². The number of benzene rings is 1. The van der Waals surface area contributed by atoms with Gasteiger partial charge in [-0.15, -0.1) is 11.6 Å². The molecular formula is C9H11ClN2O. The lowest BCUT2D eigenvalue weighted by Gasteiger charge is -2.34. The van der Waals surface area contributed by atoms with Gasteiger partial charge in [0.25, 0.3) is 0 Å². The highest BCUT2D eigenvalue weighted by molar-refractivity contribution is 6.21. The highest BCUT2D eigenvalue weighted by Gasteiger charge is 2.28. The summed E-state index contributed by atoms with van der Waals surface area (Å²) < 4.78 is 5.47. The molecule has 3 nitrogen and oxygen atoms in total. The zero-order valence-corrected chi connectivity index (χ0v) is 7.79. The molecule has 0 spiro atoms.